The van der Waals surface area contributed by atoms with Crippen LogP contribution >= 0.6 is 0 Å². The standard InChI is InChI=1S/C12H20O2/c1-3-12(14)8-10-5-4-6-11(7-10)9(2)13/h10-11H,3-8H2,1-2H3/t10?,11-/m1/s1. The molecule has 0 amide bonds. The molecule has 0 aromatic carbocycles. The Balaban J connectivity index is 2.40. The monoisotopic (exact) mass is 196 g/mol. The molecule has 0 aliphatic heterocycles. The van der Waals surface area contributed by atoms with Crippen LogP contribution in [0.2, 0.25) is 0 Å². The van der Waals surface area contributed by atoms with Gasteiger partial charge in [-0.25, -0.2) is 0 Å². The predicted octanol–water partition coefficient (Wildman–Crippen LogP) is 2.75. The molecule has 0 aromatic heterocycles. The molecule has 80 valence electrons. The Morgan fingerprint density at radius 3 is 2.57 bits per heavy atom. The molecule has 1 saturated carbocycles. The minimum absolute atomic E-state index is 0.235. The molecule has 1 unspecified atom stereocenters. The number of carbonyl (C=O) groups is 2. The van der Waals surface area contributed by atoms with Crippen LogP contribution in [0.4, 0.5) is 0 Å². The van der Waals surface area contributed by atoms with E-state index in [0.29, 0.717) is 30.3 Å². The zero-order valence-electron chi connectivity index (χ0n) is 9.21. The maximum atomic E-state index is 11.3. The summed E-state index contributed by atoms with van der Waals surface area (Å²) in [5.41, 5.74) is 0. The molecule has 2 nitrogen and oxygen atoms in total. The molecule has 1 aliphatic rings. The van der Waals surface area contributed by atoms with Crippen molar-refractivity contribution >= 4 is 11.6 Å². The van der Waals surface area contributed by atoms with Crippen LogP contribution in [0.1, 0.15) is 52.4 Å². The molecular weight excluding hydrogens is 176 g/mol. The van der Waals surface area contributed by atoms with Gasteiger partial charge in [0.2, 0.25) is 0 Å². The van der Waals surface area contributed by atoms with Crippen molar-refractivity contribution in [2.24, 2.45) is 11.8 Å². The van der Waals surface area contributed by atoms with Gasteiger partial charge in [0.25, 0.3) is 0 Å². The van der Waals surface area contributed by atoms with Crippen molar-refractivity contribution in [3.8, 4) is 0 Å². The quantitative estimate of drug-likeness (QED) is 0.692. The van der Waals surface area contributed by atoms with Crippen LogP contribution in [0, 0.1) is 11.8 Å². The zero-order valence-corrected chi connectivity index (χ0v) is 9.21. The second-order valence-corrected chi connectivity index (χ2v) is 4.44. The number of hydrogen-bond donors (Lipinski definition) is 0. The van der Waals surface area contributed by atoms with Gasteiger partial charge in [-0.3, -0.25) is 9.59 Å². The van der Waals surface area contributed by atoms with E-state index in [2.05, 4.69) is 0 Å². The summed E-state index contributed by atoms with van der Waals surface area (Å²) in [4.78, 5) is 22.5. The highest BCUT2D eigenvalue weighted by Crippen LogP contribution is 2.31. The fraction of sp³-hybridized carbons (Fsp3) is 0.833. The molecule has 1 rings (SSSR count). The van der Waals surface area contributed by atoms with Crippen molar-refractivity contribution in [2.45, 2.75) is 52.4 Å². The molecule has 2 heteroatoms. The second kappa shape index (κ2) is 5.28. The third kappa shape index (κ3) is 3.24. The van der Waals surface area contributed by atoms with Crippen molar-refractivity contribution in [3.63, 3.8) is 0 Å². The topological polar surface area (TPSA) is 34.1 Å². The molecule has 14 heavy (non-hydrogen) atoms. The van der Waals surface area contributed by atoms with Crippen LogP contribution < -0.4 is 0 Å². The summed E-state index contributed by atoms with van der Waals surface area (Å²) < 4.78 is 0. The summed E-state index contributed by atoms with van der Waals surface area (Å²) in [6, 6.07) is 0. The smallest absolute Gasteiger partial charge is 0.132 e. The van der Waals surface area contributed by atoms with Gasteiger partial charge in [-0.05, 0) is 32.1 Å². The molecule has 0 spiro atoms. The first-order chi connectivity index (χ1) is 6.63. The van der Waals surface area contributed by atoms with Gasteiger partial charge in [0.15, 0.2) is 0 Å². The minimum atomic E-state index is 0.235. The first kappa shape index (κ1) is 11.4. The van der Waals surface area contributed by atoms with Crippen LogP contribution in [0.3, 0.4) is 0 Å². The lowest BCUT2D eigenvalue weighted by atomic mass is 9.77. The largest absolute Gasteiger partial charge is 0.300 e. The van der Waals surface area contributed by atoms with E-state index >= 15 is 0 Å². The lowest BCUT2D eigenvalue weighted by Gasteiger charge is -2.26. The Morgan fingerprint density at radius 2 is 2.00 bits per heavy atom. The van der Waals surface area contributed by atoms with Crippen molar-refractivity contribution in [2.75, 3.05) is 0 Å². The van der Waals surface area contributed by atoms with Gasteiger partial charge in [-0.2, -0.15) is 0 Å². The van der Waals surface area contributed by atoms with Gasteiger partial charge in [-0.15, -0.1) is 0 Å². The molecule has 0 saturated heterocycles. The van der Waals surface area contributed by atoms with Crippen LogP contribution in [-0.4, -0.2) is 11.6 Å². The highest BCUT2D eigenvalue weighted by molar-refractivity contribution is 5.79. The highest BCUT2D eigenvalue weighted by Gasteiger charge is 2.25. The van der Waals surface area contributed by atoms with E-state index in [1.54, 1.807) is 6.92 Å². The van der Waals surface area contributed by atoms with Gasteiger partial charge >= 0.3 is 0 Å². The summed E-state index contributed by atoms with van der Waals surface area (Å²) in [7, 11) is 0. The van der Waals surface area contributed by atoms with E-state index in [4.69, 9.17) is 0 Å². The Labute approximate surface area is 86.1 Å². The highest BCUT2D eigenvalue weighted by atomic mass is 16.1. The van der Waals surface area contributed by atoms with Gasteiger partial charge in [0.05, 0.1) is 0 Å². The minimum Gasteiger partial charge on any atom is -0.300 e. The lowest BCUT2D eigenvalue weighted by Crippen LogP contribution is -2.22. The number of hydrogen-bond acceptors (Lipinski definition) is 2. The average molecular weight is 196 g/mol. The van der Waals surface area contributed by atoms with Crippen LogP contribution in [0.15, 0.2) is 0 Å². The molecule has 1 fully saturated rings. The third-order valence-corrected chi connectivity index (χ3v) is 3.27. The fourth-order valence-corrected chi connectivity index (χ4v) is 2.31. The van der Waals surface area contributed by atoms with Crippen LogP contribution in [0.5, 0.6) is 0 Å². The number of ketones is 2. The second-order valence-electron chi connectivity index (χ2n) is 4.44. The van der Waals surface area contributed by atoms with E-state index in [1.165, 1.54) is 0 Å². The maximum absolute atomic E-state index is 11.3. The first-order valence-electron chi connectivity index (χ1n) is 5.65. The van der Waals surface area contributed by atoms with E-state index in [1.807, 2.05) is 6.92 Å². The molecule has 0 bridgehead atoms. The number of Topliss-reactive ketones (excluding diaryl/α,β-unsaturated/α-hetero) is 2. The maximum Gasteiger partial charge on any atom is 0.132 e. The van der Waals surface area contributed by atoms with Gasteiger partial charge in [0.1, 0.15) is 11.6 Å². The zero-order chi connectivity index (χ0) is 10.6. The summed E-state index contributed by atoms with van der Waals surface area (Å²) >= 11 is 0. The predicted molar refractivity (Wildman–Crippen MR) is 56.0 cm³/mol. The van der Waals surface area contributed by atoms with E-state index in [0.717, 1.165) is 25.7 Å². The first-order valence-corrected chi connectivity index (χ1v) is 5.65. The Hall–Kier alpha value is -0.660. The van der Waals surface area contributed by atoms with E-state index in [-0.39, 0.29) is 5.92 Å². The van der Waals surface area contributed by atoms with Gasteiger partial charge < -0.3 is 0 Å². The van der Waals surface area contributed by atoms with Crippen molar-refractivity contribution in [1.29, 1.82) is 0 Å². The normalized spacial score (nSPS) is 27.3. The molecule has 0 heterocycles. The van der Waals surface area contributed by atoms with Crippen molar-refractivity contribution in [1.82, 2.24) is 0 Å². The molecular formula is C12H20O2. The lowest BCUT2D eigenvalue weighted by molar-refractivity contribution is -0.124. The Morgan fingerprint density at radius 1 is 1.29 bits per heavy atom. The van der Waals surface area contributed by atoms with Crippen LogP contribution in [0.25, 0.3) is 0 Å². The average Bonchev–Trinajstić information content (AvgIpc) is 2.18. The molecule has 2 atom stereocenters. The number of carbonyl (C=O) groups excluding carboxylic acids is 2. The molecule has 0 radical (unpaired) electrons. The van der Waals surface area contributed by atoms with Crippen molar-refractivity contribution in [3.05, 3.63) is 0 Å². The summed E-state index contributed by atoms with van der Waals surface area (Å²) in [6.07, 6.45) is 5.57. The third-order valence-electron chi connectivity index (χ3n) is 3.27. The van der Waals surface area contributed by atoms with Crippen molar-refractivity contribution < 1.29 is 9.59 Å². The van der Waals surface area contributed by atoms with E-state index < -0.39 is 0 Å². The Kier molecular flexibility index (Phi) is 4.30. The van der Waals surface area contributed by atoms with Gasteiger partial charge in [0, 0.05) is 18.8 Å². The summed E-state index contributed by atoms with van der Waals surface area (Å²) in [5.74, 6) is 1.36. The van der Waals surface area contributed by atoms with E-state index in [9.17, 15) is 9.59 Å². The fourth-order valence-electron chi connectivity index (χ4n) is 2.31. The molecule has 0 aromatic rings. The summed E-state index contributed by atoms with van der Waals surface area (Å²) in [5, 5.41) is 0. The van der Waals surface area contributed by atoms with Gasteiger partial charge in [-0.1, -0.05) is 13.3 Å². The van der Waals surface area contributed by atoms with Crippen LogP contribution in [-0.2, 0) is 9.59 Å². The number of rotatable bonds is 4. The molecule has 0 N–H and O–H groups in total. The summed E-state index contributed by atoms with van der Waals surface area (Å²) in [6.45, 7) is 3.59. The SMILES string of the molecule is CCC(=O)CC1CCC[C@@H](C(C)=O)C1. The Bertz CT molecular complexity index is 220. The molecule has 1 aliphatic carbocycles.